The van der Waals surface area contributed by atoms with Crippen molar-refractivity contribution < 1.29 is 19.1 Å². The van der Waals surface area contributed by atoms with Gasteiger partial charge in [-0.15, -0.1) is 0 Å². The lowest BCUT2D eigenvalue weighted by Crippen LogP contribution is -2.44. The fraction of sp³-hybridized carbons (Fsp3) is 0.619. The Labute approximate surface area is 167 Å². The average molecular weight is 392 g/mol. The summed E-state index contributed by atoms with van der Waals surface area (Å²) in [5, 5.41) is 6.32. The van der Waals surface area contributed by atoms with E-state index in [1.807, 2.05) is 13.8 Å². The summed E-state index contributed by atoms with van der Waals surface area (Å²) in [4.78, 5) is 26.6. The molecule has 1 heterocycles. The smallest absolute Gasteiger partial charge is 0.257 e. The van der Waals surface area contributed by atoms with Gasteiger partial charge in [-0.05, 0) is 31.4 Å². The van der Waals surface area contributed by atoms with E-state index in [0.29, 0.717) is 36.6 Å². The summed E-state index contributed by atoms with van der Waals surface area (Å²) in [5.74, 6) is 0.544. The summed E-state index contributed by atoms with van der Waals surface area (Å²) in [6, 6.07) is 5.29. The average Bonchev–Trinajstić information content (AvgIpc) is 2.67. The third kappa shape index (κ3) is 5.94. The van der Waals surface area contributed by atoms with Gasteiger partial charge in [0.1, 0.15) is 12.4 Å². The first-order valence-corrected chi connectivity index (χ1v) is 9.94. The third-order valence-corrected chi connectivity index (χ3v) is 4.99. The maximum atomic E-state index is 13.0. The largest absolute Gasteiger partial charge is 0.491 e. The fourth-order valence-corrected chi connectivity index (χ4v) is 3.18. The maximum absolute atomic E-state index is 13.0. The third-order valence-electron chi connectivity index (χ3n) is 4.99. The van der Waals surface area contributed by atoms with Crippen molar-refractivity contribution in [2.45, 2.75) is 45.8 Å². The Kier molecular flexibility index (Phi) is 8.26. The summed E-state index contributed by atoms with van der Waals surface area (Å²) < 4.78 is 11.6. The van der Waals surface area contributed by atoms with Gasteiger partial charge < -0.3 is 25.0 Å². The minimum Gasteiger partial charge on any atom is -0.491 e. The second kappa shape index (κ2) is 10.4. The minimum atomic E-state index is -0.128. The minimum absolute atomic E-state index is 0.0500. The van der Waals surface area contributed by atoms with Crippen LogP contribution in [0.3, 0.4) is 0 Å². The van der Waals surface area contributed by atoms with Crippen LogP contribution in [0.2, 0.25) is 0 Å². The van der Waals surface area contributed by atoms with Gasteiger partial charge in [-0.1, -0.05) is 13.8 Å². The predicted octanol–water partition coefficient (Wildman–Crippen LogP) is 2.52. The van der Waals surface area contributed by atoms with E-state index in [0.717, 1.165) is 13.0 Å². The Morgan fingerprint density at radius 3 is 2.82 bits per heavy atom. The number of likely N-dealkylation sites (N-methyl/N-ethyl adjacent to an activating group) is 1. The van der Waals surface area contributed by atoms with Crippen LogP contribution in [0.25, 0.3) is 0 Å². The van der Waals surface area contributed by atoms with Gasteiger partial charge >= 0.3 is 0 Å². The number of benzene rings is 1. The molecule has 0 radical (unpaired) electrons. The topological polar surface area (TPSA) is 79.9 Å². The van der Waals surface area contributed by atoms with Crippen LogP contribution in [0.1, 0.15) is 44.0 Å². The van der Waals surface area contributed by atoms with Crippen LogP contribution in [0.15, 0.2) is 18.2 Å². The van der Waals surface area contributed by atoms with Crippen LogP contribution in [-0.2, 0) is 9.53 Å². The molecule has 1 aromatic rings. The molecule has 0 aliphatic carbocycles. The quantitative estimate of drug-likeness (QED) is 0.824. The number of nitrogens with one attached hydrogen (secondary N) is 2. The van der Waals surface area contributed by atoms with Gasteiger partial charge in [-0.3, -0.25) is 9.59 Å². The molecular formula is C21H33N3O4. The lowest BCUT2D eigenvalue weighted by Gasteiger charge is -2.30. The van der Waals surface area contributed by atoms with Crippen molar-refractivity contribution in [3.63, 3.8) is 0 Å². The van der Waals surface area contributed by atoms with E-state index in [-0.39, 0.29) is 29.9 Å². The van der Waals surface area contributed by atoms with Crippen LogP contribution >= 0.6 is 0 Å². The highest BCUT2D eigenvalue weighted by atomic mass is 16.5. The molecule has 1 aliphatic rings. The molecule has 0 saturated heterocycles. The SMILES string of the molecule is CCCC(=O)Nc1ccc2c(c1)OC[C@@H](C)NC[C@H](C)[C@H](OC)CN(C)C2=O. The zero-order valence-electron chi connectivity index (χ0n) is 17.6. The lowest BCUT2D eigenvalue weighted by atomic mass is 10.0. The first-order chi connectivity index (χ1) is 13.3. The van der Waals surface area contributed by atoms with Crippen molar-refractivity contribution in [1.29, 1.82) is 0 Å². The van der Waals surface area contributed by atoms with Crippen molar-refractivity contribution in [2.75, 3.05) is 39.2 Å². The van der Waals surface area contributed by atoms with Gasteiger partial charge in [-0.25, -0.2) is 0 Å². The number of hydrogen-bond donors (Lipinski definition) is 2. The maximum Gasteiger partial charge on any atom is 0.257 e. The van der Waals surface area contributed by atoms with Crippen molar-refractivity contribution in [1.82, 2.24) is 10.2 Å². The summed E-state index contributed by atoms with van der Waals surface area (Å²) in [5.41, 5.74) is 1.11. The molecule has 3 atom stereocenters. The Morgan fingerprint density at radius 2 is 2.14 bits per heavy atom. The number of fused-ring (bicyclic) bond motifs is 1. The number of hydrogen-bond acceptors (Lipinski definition) is 5. The molecule has 156 valence electrons. The van der Waals surface area contributed by atoms with Crippen LogP contribution in [0.5, 0.6) is 5.75 Å². The normalized spacial score (nSPS) is 23.8. The zero-order valence-corrected chi connectivity index (χ0v) is 17.6. The van der Waals surface area contributed by atoms with Crippen LogP contribution in [0.4, 0.5) is 5.69 Å². The molecule has 28 heavy (non-hydrogen) atoms. The predicted molar refractivity (Wildman–Crippen MR) is 110 cm³/mol. The van der Waals surface area contributed by atoms with Gasteiger partial charge in [0.05, 0.1) is 11.7 Å². The highest BCUT2D eigenvalue weighted by Crippen LogP contribution is 2.26. The molecule has 0 saturated carbocycles. The molecule has 0 spiro atoms. The van der Waals surface area contributed by atoms with E-state index in [4.69, 9.17) is 9.47 Å². The zero-order chi connectivity index (χ0) is 20.7. The van der Waals surface area contributed by atoms with Crippen LogP contribution < -0.4 is 15.4 Å². The molecule has 1 aromatic carbocycles. The van der Waals surface area contributed by atoms with E-state index in [1.54, 1.807) is 37.3 Å². The summed E-state index contributed by atoms with van der Waals surface area (Å²) in [6.45, 7) is 7.78. The molecule has 2 N–H and O–H groups in total. The molecule has 0 bridgehead atoms. The van der Waals surface area contributed by atoms with E-state index in [9.17, 15) is 9.59 Å². The number of amides is 2. The molecule has 0 aromatic heterocycles. The lowest BCUT2D eigenvalue weighted by molar-refractivity contribution is -0.116. The summed E-state index contributed by atoms with van der Waals surface area (Å²) in [6.07, 6.45) is 1.17. The number of carbonyl (C=O) groups is 2. The van der Waals surface area contributed by atoms with Gasteiger partial charge in [0.2, 0.25) is 5.91 Å². The Morgan fingerprint density at radius 1 is 1.39 bits per heavy atom. The van der Waals surface area contributed by atoms with E-state index in [1.165, 1.54) is 0 Å². The van der Waals surface area contributed by atoms with Gasteiger partial charge in [0.15, 0.2) is 0 Å². The molecule has 7 heteroatoms. The molecule has 2 amide bonds. The van der Waals surface area contributed by atoms with Crippen LogP contribution in [-0.4, -0.2) is 62.7 Å². The molecule has 2 rings (SSSR count). The molecule has 0 unspecified atom stereocenters. The van der Waals surface area contributed by atoms with Crippen molar-refractivity contribution >= 4 is 17.5 Å². The van der Waals surface area contributed by atoms with Crippen molar-refractivity contribution in [2.24, 2.45) is 5.92 Å². The summed E-state index contributed by atoms with van der Waals surface area (Å²) in [7, 11) is 3.45. The first kappa shape index (κ1) is 22.2. The van der Waals surface area contributed by atoms with Crippen molar-refractivity contribution in [3.8, 4) is 5.75 Å². The summed E-state index contributed by atoms with van der Waals surface area (Å²) >= 11 is 0. The number of methoxy groups -OCH3 is 1. The van der Waals surface area contributed by atoms with E-state index >= 15 is 0 Å². The van der Waals surface area contributed by atoms with E-state index < -0.39 is 0 Å². The van der Waals surface area contributed by atoms with Crippen LogP contribution in [0, 0.1) is 5.92 Å². The molecule has 7 nitrogen and oxygen atoms in total. The number of rotatable bonds is 4. The number of carbonyl (C=O) groups excluding carboxylic acids is 2. The second-order valence-corrected chi connectivity index (χ2v) is 7.57. The van der Waals surface area contributed by atoms with Gasteiger partial charge in [-0.2, -0.15) is 0 Å². The fourth-order valence-electron chi connectivity index (χ4n) is 3.18. The highest BCUT2D eigenvalue weighted by Gasteiger charge is 2.25. The molecule has 0 fully saturated rings. The Hall–Kier alpha value is -2.12. The molecular weight excluding hydrogens is 358 g/mol. The van der Waals surface area contributed by atoms with Crippen molar-refractivity contribution in [3.05, 3.63) is 23.8 Å². The Balaban J connectivity index is 2.31. The number of nitrogens with zero attached hydrogens (tertiary/aromatic N) is 1. The Bertz CT molecular complexity index is 680. The number of ether oxygens (including phenoxy) is 2. The van der Waals surface area contributed by atoms with Gasteiger partial charge in [0.25, 0.3) is 5.91 Å². The van der Waals surface area contributed by atoms with E-state index in [2.05, 4.69) is 17.6 Å². The standard InChI is InChI=1S/C21H33N3O4/c1-6-7-20(25)23-16-8-9-17-18(10-16)28-13-15(3)22-11-14(2)19(27-5)12-24(4)21(17)26/h8-10,14-15,19,22H,6-7,11-13H2,1-5H3,(H,23,25)/t14-,15+,19+/m0/s1. The number of anilines is 1. The monoisotopic (exact) mass is 391 g/mol. The second-order valence-electron chi connectivity index (χ2n) is 7.57. The first-order valence-electron chi connectivity index (χ1n) is 9.94. The van der Waals surface area contributed by atoms with Gasteiger partial charge in [0, 0.05) is 51.5 Å². The highest BCUT2D eigenvalue weighted by molar-refractivity contribution is 5.98. The molecule has 1 aliphatic heterocycles.